The quantitative estimate of drug-likeness (QED) is 0.473. The van der Waals surface area contributed by atoms with Gasteiger partial charge in [0.2, 0.25) is 5.91 Å². The lowest BCUT2D eigenvalue weighted by Crippen LogP contribution is -2.55. The van der Waals surface area contributed by atoms with Gasteiger partial charge in [-0.3, -0.25) is 14.4 Å². The summed E-state index contributed by atoms with van der Waals surface area (Å²) in [7, 11) is 0. The molecule has 10 heteroatoms. The maximum atomic E-state index is 14.4. The van der Waals surface area contributed by atoms with E-state index in [4.69, 9.17) is 16.3 Å². The summed E-state index contributed by atoms with van der Waals surface area (Å²) in [4.78, 5) is 40.7. The van der Waals surface area contributed by atoms with Crippen LogP contribution in [0.5, 0.6) is 0 Å². The predicted molar refractivity (Wildman–Crippen MR) is 130 cm³/mol. The highest BCUT2D eigenvalue weighted by molar-refractivity contribution is 6.30. The van der Waals surface area contributed by atoms with Crippen LogP contribution in [0, 0.1) is 11.6 Å². The molecule has 4 rings (SSSR count). The van der Waals surface area contributed by atoms with Gasteiger partial charge in [-0.2, -0.15) is 0 Å². The summed E-state index contributed by atoms with van der Waals surface area (Å²) in [5.74, 6) is -4.78. The Hall–Kier alpha value is -3.82. The fraction of sp³-hybridized carbons (Fsp3) is 0.222. The number of rotatable bonds is 8. The number of carbonyl (C=O) groups excluding carboxylic acids is 2. The molecule has 0 aromatic heterocycles. The van der Waals surface area contributed by atoms with Gasteiger partial charge in [-0.1, -0.05) is 66.2 Å². The zero-order valence-electron chi connectivity index (χ0n) is 19.5. The average Bonchev–Trinajstić information content (AvgIpc) is 2.87. The molecule has 0 unspecified atom stereocenters. The van der Waals surface area contributed by atoms with Gasteiger partial charge in [-0.15, -0.1) is 0 Å². The number of hydrogen-bond acceptors (Lipinski definition) is 4. The molecule has 0 aliphatic carbocycles. The SMILES string of the molecule is O=C(O)CN(Cc1cccc(F)c1F)C(=O)[C@H]1OCC(=O)N(Cc2cccc(Cl)c2)[C@@H]1c1ccccc1. The molecule has 1 aliphatic heterocycles. The van der Waals surface area contributed by atoms with Crippen molar-refractivity contribution in [1.82, 2.24) is 9.80 Å². The van der Waals surface area contributed by atoms with Crippen molar-refractivity contribution < 1.29 is 33.0 Å². The van der Waals surface area contributed by atoms with Crippen molar-refractivity contribution >= 4 is 29.4 Å². The smallest absolute Gasteiger partial charge is 0.323 e. The number of ether oxygens (including phenoxy) is 1. The summed E-state index contributed by atoms with van der Waals surface area (Å²) in [6.45, 7) is -1.59. The van der Waals surface area contributed by atoms with E-state index in [2.05, 4.69) is 0 Å². The zero-order chi connectivity index (χ0) is 26.5. The molecule has 1 aliphatic rings. The van der Waals surface area contributed by atoms with Crippen LogP contribution in [-0.4, -0.2) is 51.9 Å². The van der Waals surface area contributed by atoms with Crippen molar-refractivity contribution in [2.45, 2.75) is 25.2 Å². The second-order valence-electron chi connectivity index (χ2n) is 8.54. The Kier molecular flexibility index (Phi) is 8.15. The molecule has 2 amide bonds. The third kappa shape index (κ3) is 6.12. The molecule has 1 heterocycles. The third-order valence-electron chi connectivity index (χ3n) is 5.99. The molecular weight excluding hydrogens is 506 g/mol. The van der Waals surface area contributed by atoms with E-state index in [-0.39, 0.29) is 18.0 Å². The number of benzene rings is 3. The van der Waals surface area contributed by atoms with Crippen LogP contribution in [0.25, 0.3) is 0 Å². The lowest BCUT2D eigenvalue weighted by Gasteiger charge is -2.42. The van der Waals surface area contributed by atoms with Crippen molar-refractivity contribution in [3.63, 3.8) is 0 Å². The number of carbonyl (C=O) groups is 3. The minimum absolute atomic E-state index is 0.115. The molecule has 0 saturated carbocycles. The number of halogens is 3. The molecule has 2 atom stereocenters. The zero-order valence-corrected chi connectivity index (χ0v) is 20.3. The number of carboxylic acid groups (broad SMARTS) is 1. The van der Waals surface area contributed by atoms with Gasteiger partial charge in [-0.25, -0.2) is 8.78 Å². The van der Waals surface area contributed by atoms with Crippen LogP contribution in [0.2, 0.25) is 5.02 Å². The molecule has 0 bridgehead atoms. The molecule has 0 radical (unpaired) electrons. The van der Waals surface area contributed by atoms with Crippen molar-refractivity contribution in [2.24, 2.45) is 0 Å². The van der Waals surface area contributed by atoms with Crippen LogP contribution in [0.3, 0.4) is 0 Å². The Morgan fingerprint density at radius 3 is 2.49 bits per heavy atom. The maximum absolute atomic E-state index is 14.4. The number of carboxylic acids is 1. The highest BCUT2D eigenvalue weighted by atomic mass is 35.5. The van der Waals surface area contributed by atoms with Crippen molar-refractivity contribution in [3.05, 3.63) is 106 Å². The standard InChI is InChI=1S/C27H23ClF2N2O5/c28-20-10-4-6-17(12-20)13-32-22(33)16-37-26(25(32)18-7-2-1-3-8-18)27(36)31(15-23(34)35)14-19-9-5-11-21(29)24(19)30/h1-12,25-26H,13-16H2,(H,34,35)/t25-,26+/m1/s1. The molecule has 37 heavy (non-hydrogen) atoms. The highest BCUT2D eigenvalue weighted by Gasteiger charge is 2.43. The van der Waals surface area contributed by atoms with Gasteiger partial charge in [-0.05, 0) is 29.3 Å². The number of aliphatic carboxylic acids is 1. The Morgan fingerprint density at radius 1 is 1.05 bits per heavy atom. The summed E-state index contributed by atoms with van der Waals surface area (Å²) >= 11 is 6.12. The Balaban J connectivity index is 1.71. The summed E-state index contributed by atoms with van der Waals surface area (Å²) < 4.78 is 33.9. The number of nitrogens with zero attached hydrogens (tertiary/aromatic N) is 2. The molecule has 0 spiro atoms. The van der Waals surface area contributed by atoms with E-state index in [1.807, 2.05) is 0 Å². The first-order chi connectivity index (χ1) is 17.7. The van der Waals surface area contributed by atoms with Crippen molar-refractivity contribution in [1.29, 1.82) is 0 Å². The first-order valence-corrected chi connectivity index (χ1v) is 11.8. The minimum atomic E-state index is -1.34. The number of morpholine rings is 1. The summed E-state index contributed by atoms with van der Waals surface area (Å²) in [6, 6.07) is 18.2. The second kappa shape index (κ2) is 11.5. The normalized spacial score (nSPS) is 17.5. The molecule has 3 aromatic carbocycles. The lowest BCUT2D eigenvalue weighted by atomic mass is 9.95. The number of amides is 2. The van der Waals surface area contributed by atoms with E-state index < -0.39 is 55.4 Å². The van der Waals surface area contributed by atoms with Crippen LogP contribution in [0.4, 0.5) is 8.78 Å². The Morgan fingerprint density at radius 2 is 1.78 bits per heavy atom. The summed E-state index contributed by atoms with van der Waals surface area (Å²) in [6.07, 6.45) is -1.30. The first kappa shape index (κ1) is 26.2. The van der Waals surface area contributed by atoms with Gasteiger partial charge in [0.25, 0.3) is 5.91 Å². The molecule has 1 fully saturated rings. The molecular formula is C27H23ClF2N2O5. The largest absolute Gasteiger partial charge is 0.480 e. The summed E-state index contributed by atoms with van der Waals surface area (Å²) in [5.41, 5.74) is 1.12. The fourth-order valence-corrected chi connectivity index (χ4v) is 4.53. The van der Waals surface area contributed by atoms with Crippen LogP contribution in [0.15, 0.2) is 72.8 Å². The number of hydrogen-bond donors (Lipinski definition) is 1. The van der Waals surface area contributed by atoms with E-state index in [0.29, 0.717) is 10.6 Å². The molecule has 1 saturated heterocycles. The van der Waals surface area contributed by atoms with E-state index in [1.165, 1.54) is 17.0 Å². The average molecular weight is 529 g/mol. The Labute approximate surface area is 216 Å². The minimum Gasteiger partial charge on any atom is -0.480 e. The van der Waals surface area contributed by atoms with Crippen LogP contribution in [0.1, 0.15) is 22.7 Å². The molecule has 192 valence electrons. The van der Waals surface area contributed by atoms with Crippen molar-refractivity contribution in [2.75, 3.05) is 13.2 Å². The van der Waals surface area contributed by atoms with E-state index in [9.17, 15) is 28.3 Å². The third-order valence-corrected chi connectivity index (χ3v) is 6.22. The lowest BCUT2D eigenvalue weighted by molar-refractivity contribution is -0.172. The Bertz CT molecular complexity index is 1310. The van der Waals surface area contributed by atoms with Gasteiger partial charge in [0.1, 0.15) is 13.2 Å². The van der Waals surface area contributed by atoms with Gasteiger partial charge in [0.05, 0.1) is 6.04 Å². The van der Waals surface area contributed by atoms with Crippen LogP contribution < -0.4 is 0 Å². The van der Waals surface area contributed by atoms with Crippen molar-refractivity contribution in [3.8, 4) is 0 Å². The topological polar surface area (TPSA) is 87.1 Å². The summed E-state index contributed by atoms with van der Waals surface area (Å²) in [5, 5.41) is 9.93. The molecule has 7 nitrogen and oxygen atoms in total. The first-order valence-electron chi connectivity index (χ1n) is 11.4. The highest BCUT2D eigenvalue weighted by Crippen LogP contribution is 2.33. The monoisotopic (exact) mass is 528 g/mol. The predicted octanol–water partition coefficient (Wildman–Crippen LogP) is 4.20. The van der Waals surface area contributed by atoms with Gasteiger partial charge >= 0.3 is 5.97 Å². The molecule has 3 aromatic rings. The van der Waals surface area contributed by atoms with Crippen LogP contribution in [-0.2, 0) is 32.2 Å². The molecule has 1 N–H and O–H groups in total. The van der Waals surface area contributed by atoms with E-state index in [0.717, 1.165) is 16.5 Å². The van der Waals surface area contributed by atoms with E-state index >= 15 is 0 Å². The van der Waals surface area contributed by atoms with Gasteiger partial charge in [0, 0.05) is 23.7 Å². The van der Waals surface area contributed by atoms with E-state index in [1.54, 1.807) is 54.6 Å². The van der Waals surface area contributed by atoms with Gasteiger partial charge in [0.15, 0.2) is 17.7 Å². The van der Waals surface area contributed by atoms with Crippen LogP contribution >= 0.6 is 11.6 Å². The maximum Gasteiger partial charge on any atom is 0.323 e. The fourth-order valence-electron chi connectivity index (χ4n) is 4.31. The second-order valence-corrected chi connectivity index (χ2v) is 8.98. The van der Waals surface area contributed by atoms with Gasteiger partial charge < -0.3 is 19.6 Å².